The van der Waals surface area contributed by atoms with Crippen molar-refractivity contribution in [1.29, 1.82) is 0 Å². The lowest BCUT2D eigenvalue weighted by Crippen LogP contribution is -2.55. The van der Waals surface area contributed by atoms with Crippen molar-refractivity contribution in [3.05, 3.63) is 0 Å². The molecule has 4 saturated carbocycles. The number of rotatable bonds is 11. The second-order valence-corrected chi connectivity index (χ2v) is 13.8. The molecule has 0 aromatic heterocycles. The summed E-state index contributed by atoms with van der Waals surface area (Å²) in [6.45, 7) is 4.42. The molecule has 1 unspecified atom stereocenters. The van der Waals surface area contributed by atoms with Crippen LogP contribution in [0.25, 0.3) is 0 Å². The van der Waals surface area contributed by atoms with Gasteiger partial charge < -0.3 is 30.3 Å². The third-order valence-corrected chi connectivity index (χ3v) is 9.58. The van der Waals surface area contributed by atoms with Gasteiger partial charge in [-0.25, -0.2) is 13.2 Å². The average molecular weight is 543 g/mol. The number of aliphatic hydroxyl groups is 1. The van der Waals surface area contributed by atoms with Gasteiger partial charge in [-0.3, -0.25) is 9.59 Å². The molecule has 0 aromatic rings. The molecular formula is C25H40N3O8S-. The van der Waals surface area contributed by atoms with Gasteiger partial charge >= 0.3 is 6.09 Å². The fraction of sp³-hybridized carbons (Fsp3) is 0.880. The smallest absolute Gasteiger partial charge is 0.407 e. The van der Waals surface area contributed by atoms with Crippen molar-refractivity contribution in [2.75, 3.05) is 13.2 Å². The van der Waals surface area contributed by atoms with E-state index < -0.39 is 45.6 Å². The molecule has 0 radical (unpaired) electrons. The van der Waals surface area contributed by atoms with Gasteiger partial charge in [0.05, 0.1) is 12.6 Å². The lowest BCUT2D eigenvalue weighted by molar-refractivity contribution is -0.126. The van der Waals surface area contributed by atoms with E-state index in [0.29, 0.717) is 37.3 Å². The number of hydrogen-bond donors (Lipinski definition) is 4. The lowest BCUT2D eigenvalue weighted by atomic mass is 9.50. The number of alkyl carbamates (subject to hydrolysis) is 1. The number of hydrogen-bond acceptors (Lipinski definition) is 8. The molecule has 4 aliphatic carbocycles. The van der Waals surface area contributed by atoms with E-state index in [2.05, 4.69) is 16.0 Å². The Morgan fingerprint density at radius 3 is 2.22 bits per heavy atom. The molecular weight excluding hydrogens is 502 g/mol. The SMILES string of the molecule is CC(C)C[C@H](NC(=O)OCC12CC3CC(CC(C3)C1)C2)C(=O)N[C@@H](C[C@@H]1CCNC1=O)C(O)S(=O)(=O)[O-]. The Kier molecular flexibility index (Phi) is 8.40. The number of carbonyl (C=O) groups excluding carboxylic acids is 3. The molecule has 3 amide bonds. The predicted octanol–water partition coefficient (Wildman–Crippen LogP) is 1.22. The number of nitrogens with one attached hydrogen (secondary N) is 3. The Hall–Kier alpha value is -1.92. The van der Waals surface area contributed by atoms with E-state index in [9.17, 15) is 32.5 Å². The molecule has 12 heteroatoms. The molecule has 5 fully saturated rings. The van der Waals surface area contributed by atoms with Crippen LogP contribution in [0.5, 0.6) is 0 Å². The van der Waals surface area contributed by atoms with Crippen LogP contribution in [0.15, 0.2) is 0 Å². The van der Waals surface area contributed by atoms with Crippen molar-refractivity contribution >= 4 is 28.0 Å². The van der Waals surface area contributed by atoms with E-state index in [-0.39, 0.29) is 30.1 Å². The van der Waals surface area contributed by atoms with Gasteiger partial charge in [0.15, 0.2) is 5.44 Å². The highest BCUT2D eigenvalue weighted by molar-refractivity contribution is 7.86. The van der Waals surface area contributed by atoms with Gasteiger partial charge in [-0.2, -0.15) is 0 Å². The zero-order chi connectivity index (χ0) is 27.0. The third-order valence-electron chi connectivity index (χ3n) is 8.66. The second-order valence-electron chi connectivity index (χ2n) is 12.3. The van der Waals surface area contributed by atoms with Gasteiger partial charge in [-0.1, -0.05) is 13.8 Å². The molecule has 1 heterocycles. The zero-order valence-electron chi connectivity index (χ0n) is 21.6. The van der Waals surface area contributed by atoms with Crippen molar-refractivity contribution < 1.29 is 37.2 Å². The number of carbonyl (C=O) groups is 3. The van der Waals surface area contributed by atoms with E-state index in [1.807, 2.05) is 13.8 Å². The maximum absolute atomic E-state index is 13.1. The van der Waals surface area contributed by atoms with Crippen LogP contribution in [-0.2, 0) is 24.4 Å². The van der Waals surface area contributed by atoms with Crippen molar-refractivity contribution in [3.63, 3.8) is 0 Å². The fourth-order valence-electron chi connectivity index (χ4n) is 7.48. The molecule has 0 spiro atoms. The van der Waals surface area contributed by atoms with Crippen molar-refractivity contribution in [2.45, 2.75) is 89.2 Å². The minimum atomic E-state index is -5.16. The monoisotopic (exact) mass is 542 g/mol. The van der Waals surface area contributed by atoms with Gasteiger partial charge in [0.2, 0.25) is 11.8 Å². The molecule has 0 aromatic carbocycles. The normalized spacial score (nSPS) is 33.1. The standard InChI is InChI=1S/C25H41N3O8S/c1-14(2)5-19(22(30)27-20(23(31)37(33,34)35)9-18-3-4-26-21(18)29)28-24(32)36-13-25-10-15-6-16(11-25)8-17(7-15)12-25/h14-20,23,31H,3-13H2,1-2H3,(H,26,29)(H,27,30)(H,28,32)(H,33,34,35)/p-1/t15?,16?,17?,18-,19-,20-,23?,25?/m0/s1. The quantitative estimate of drug-likeness (QED) is 0.282. The summed E-state index contributed by atoms with van der Waals surface area (Å²) in [7, 11) is -5.16. The van der Waals surface area contributed by atoms with Gasteiger partial charge in [-0.05, 0) is 81.5 Å². The van der Waals surface area contributed by atoms with Gasteiger partial charge in [0.1, 0.15) is 16.2 Å². The first kappa shape index (κ1) is 28.1. The van der Waals surface area contributed by atoms with Gasteiger partial charge in [0.25, 0.3) is 0 Å². The van der Waals surface area contributed by atoms with Crippen molar-refractivity contribution in [2.24, 2.45) is 35.0 Å². The third kappa shape index (κ3) is 6.94. The number of amides is 3. The van der Waals surface area contributed by atoms with Crippen LogP contribution in [0.4, 0.5) is 4.79 Å². The van der Waals surface area contributed by atoms with Crippen LogP contribution in [0, 0.1) is 35.0 Å². The van der Waals surface area contributed by atoms with Crippen LogP contribution < -0.4 is 16.0 Å². The van der Waals surface area contributed by atoms with Gasteiger partial charge in [-0.15, -0.1) is 0 Å². The lowest BCUT2D eigenvalue weighted by Gasteiger charge is -2.56. The molecule has 4 bridgehead atoms. The fourth-order valence-corrected chi connectivity index (χ4v) is 8.06. The highest BCUT2D eigenvalue weighted by Gasteiger charge is 2.51. The summed E-state index contributed by atoms with van der Waals surface area (Å²) in [5, 5.41) is 17.8. The Bertz CT molecular complexity index is 949. The molecule has 1 saturated heterocycles. The number of ether oxygens (including phenoxy) is 1. The molecule has 4 N–H and O–H groups in total. The summed E-state index contributed by atoms with van der Waals surface area (Å²) in [6, 6.07) is -2.56. The summed E-state index contributed by atoms with van der Waals surface area (Å²) in [5.41, 5.74) is -2.41. The maximum atomic E-state index is 13.1. The summed E-state index contributed by atoms with van der Waals surface area (Å²) < 4.78 is 40.2. The summed E-state index contributed by atoms with van der Waals surface area (Å²) in [4.78, 5) is 37.9. The highest BCUT2D eigenvalue weighted by Crippen LogP contribution is 2.60. The Labute approximate surface area is 218 Å². The topological polar surface area (TPSA) is 174 Å². The largest absolute Gasteiger partial charge is 0.746 e. The first-order valence-electron chi connectivity index (χ1n) is 13.5. The molecule has 1 aliphatic heterocycles. The van der Waals surface area contributed by atoms with E-state index in [0.717, 1.165) is 19.3 Å². The minimum absolute atomic E-state index is 0.00794. The van der Waals surface area contributed by atoms with E-state index in [4.69, 9.17) is 4.74 Å². The summed E-state index contributed by atoms with van der Waals surface area (Å²) in [5.74, 6) is 0.390. The van der Waals surface area contributed by atoms with Crippen molar-refractivity contribution in [3.8, 4) is 0 Å². The van der Waals surface area contributed by atoms with Crippen LogP contribution in [0.2, 0.25) is 0 Å². The molecule has 4 atom stereocenters. The van der Waals surface area contributed by atoms with E-state index >= 15 is 0 Å². The molecule has 5 aliphatic rings. The van der Waals surface area contributed by atoms with Crippen LogP contribution in [0.3, 0.4) is 0 Å². The molecule has 210 valence electrons. The first-order valence-corrected chi connectivity index (χ1v) is 14.9. The minimum Gasteiger partial charge on any atom is -0.746 e. The van der Waals surface area contributed by atoms with E-state index in [1.54, 1.807) is 0 Å². The van der Waals surface area contributed by atoms with Crippen molar-refractivity contribution in [1.82, 2.24) is 16.0 Å². The second kappa shape index (κ2) is 11.1. The maximum Gasteiger partial charge on any atom is 0.407 e. The zero-order valence-corrected chi connectivity index (χ0v) is 22.4. The molecule has 11 nitrogen and oxygen atoms in total. The first-order chi connectivity index (χ1) is 17.3. The summed E-state index contributed by atoms with van der Waals surface area (Å²) >= 11 is 0. The predicted molar refractivity (Wildman–Crippen MR) is 132 cm³/mol. The van der Waals surface area contributed by atoms with E-state index in [1.165, 1.54) is 19.3 Å². The Morgan fingerprint density at radius 2 is 1.73 bits per heavy atom. The summed E-state index contributed by atoms with van der Waals surface area (Å²) in [6.07, 6.45) is 6.71. The van der Waals surface area contributed by atoms with Crippen LogP contribution >= 0.6 is 0 Å². The Balaban J connectivity index is 1.38. The Morgan fingerprint density at radius 1 is 1.14 bits per heavy atom. The molecule has 37 heavy (non-hydrogen) atoms. The van der Waals surface area contributed by atoms with Crippen LogP contribution in [-0.4, -0.2) is 66.7 Å². The average Bonchev–Trinajstić information content (AvgIpc) is 3.18. The number of aliphatic hydroxyl groups excluding tert-OH is 1. The van der Waals surface area contributed by atoms with Gasteiger partial charge in [0, 0.05) is 17.9 Å². The highest BCUT2D eigenvalue weighted by atomic mass is 32.2. The molecule has 5 rings (SSSR count). The van der Waals surface area contributed by atoms with Crippen LogP contribution in [0.1, 0.15) is 71.6 Å².